The Morgan fingerprint density at radius 1 is 1.29 bits per heavy atom. The lowest BCUT2D eigenvalue weighted by molar-refractivity contribution is -0.126. The van der Waals surface area contributed by atoms with Crippen LogP contribution in [0.3, 0.4) is 0 Å². The molecule has 5 nitrogen and oxygen atoms in total. The number of hydrogen-bond donors (Lipinski definition) is 1. The van der Waals surface area contributed by atoms with Crippen LogP contribution in [0.5, 0.6) is 5.75 Å². The van der Waals surface area contributed by atoms with Crippen LogP contribution in [0.4, 0.5) is 0 Å². The van der Waals surface area contributed by atoms with Gasteiger partial charge >= 0.3 is 0 Å². The molecule has 0 bridgehead atoms. The Kier molecular flexibility index (Phi) is 5.64. The molecular weight excluding hydrogens is 314 g/mol. The number of halogens is 1. The zero-order valence-corrected chi connectivity index (χ0v) is 14.3. The number of benzene rings is 1. The zero-order valence-electron chi connectivity index (χ0n) is 12.7. The molecule has 0 aliphatic carbocycles. The summed E-state index contributed by atoms with van der Waals surface area (Å²) >= 11 is 0. The molecule has 0 radical (unpaired) electrons. The first kappa shape index (κ1) is 17.8. The van der Waals surface area contributed by atoms with Crippen molar-refractivity contribution in [2.24, 2.45) is 0 Å². The molecule has 0 fully saturated rings. The Hall–Kier alpha value is -1.27. The Labute approximate surface area is 130 Å². The summed E-state index contributed by atoms with van der Waals surface area (Å²) in [5.41, 5.74) is 1.17. The first-order chi connectivity index (χ1) is 9.57. The smallest absolute Gasteiger partial charge is 0.261 e. The van der Waals surface area contributed by atoms with Gasteiger partial charge in [0.2, 0.25) is 0 Å². The molecule has 1 unspecified atom stereocenters. The monoisotopic (exact) mass is 333 g/mol. The summed E-state index contributed by atoms with van der Waals surface area (Å²) in [6, 6.07) is 3.11. The predicted molar refractivity (Wildman–Crippen MR) is 82.5 cm³/mol. The third kappa shape index (κ3) is 4.35. The fourth-order valence-electron chi connectivity index (χ4n) is 1.91. The maximum Gasteiger partial charge on any atom is 0.261 e. The molecule has 0 aromatic heterocycles. The van der Waals surface area contributed by atoms with Gasteiger partial charge in [-0.3, -0.25) is 4.79 Å². The summed E-state index contributed by atoms with van der Waals surface area (Å²) in [7, 11) is 3.17. The van der Waals surface area contributed by atoms with E-state index in [1.807, 2.05) is 13.8 Å². The van der Waals surface area contributed by atoms with Crippen molar-refractivity contribution in [2.75, 3.05) is 7.05 Å². The van der Waals surface area contributed by atoms with Crippen LogP contribution >= 0.6 is 10.7 Å². The van der Waals surface area contributed by atoms with Gasteiger partial charge in [-0.15, -0.1) is 0 Å². The number of carbonyl (C=O) groups excluding carboxylic acids is 1. The van der Waals surface area contributed by atoms with Gasteiger partial charge in [0.1, 0.15) is 5.75 Å². The molecule has 118 valence electrons. The van der Waals surface area contributed by atoms with Crippen molar-refractivity contribution < 1.29 is 17.9 Å². The molecular formula is C14H20ClNO4S. The van der Waals surface area contributed by atoms with Crippen LogP contribution < -0.4 is 10.1 Å². The molecule has 0 aliphatic rings. The Bertz CT molecular complexity index is 641. The van der Waals surface area contributed by atoms with Crippen molar-refractivity contribution in [3.05, 3.63) is 23.3 Å². The Morgan fingerprint density at radius 2 is 1.86 bits per heavy atom. The van der Waals surface area contributed by atoms with Crippen LogP contribution in [0.25, 0.3) is 0 Å². The van der Waals surface area contributed by atoms with E-state index in [1.54, 1.807) is 19.9 Å². The second-order valence-electron chi connectivity index (χ2n) is 5.12. The van der Waals surface area contributed by atoms with Gasteiger partial charge in [-0.05, 0) is 43.0 Å². The zero-order chi connectivity index (χ0) is 16.4. The van der Waals surface area contributed by atoms with Gasteiger partial charge in [0.05, 0.1) is 4.90 Å². The molecule has 1 N–H and O–H groups in total. The van der Waals surface area contributed by atoms with Crippen molar-refractivity contribution in [1.82, 2.24) is 5.32 Å². The third-order valence-electron chi connectivity index (χ3n) is 3.11. The highest BCUT2D eigenvalue weighted by atomic mass is 35.7. The van der Waals surface area contributed by atoms with Crippen LogP contribution in [-0.4, -0.2) is 27.5 Å². The van der Waals surface area contributed by atoms with Gasteiger partial charge in [0.15, 0.2) is 6.10 Å². The van der Waals surface area contributed by atoms with E-state index < -0.39 is 15.2 Å². The predicted octanol–water partition coefficient (Wildman–Crippen LogP) is 2.56. The van der Waals surface area contributed by atoms with Crippen molar-refractivity contribution in [3.63, 3.8) is 0 Å². The van der Waals surface area contributed by atoms with Gasteiger partial charge in [0.25, 0.3) is 15.0 Å². The van der Waals surface area contributed by atoms with Gasteiger partial charge in [-0.25, -0.2) is 8.42 Å². The molecule has 1 atom stereocenters. The highest BCUT2D eigenvalue weighted by Gasteiger charge is 2.22. The first-order valence-electron chi connectivity index (χ1n) is 6.55. The van der Waals surface area contributed by atoms with E-state index in [-0.39, 0.29) is 16.7 Å². The molecule has 0 heterocycles. The quantitative estimate of drug-likeness (QED) is 0.840. The number of rotatable bonds is 5. The number of ether oxygens (including phenoxy) is 1. The minimum atomic E-state index is -3.83. The number of nitrogens with one attached hydrogen (secondary N) is 1. The van der Waals surface area contributed by atoms with Gasteiger partial charge in [-0.1, -0.05) is 13.8 Å². The van der Waals surface area contributed by atoms with Crippen LogP contribution in [-0.2, 0) is 13.8 Å². The van der Waals surface area contributed by atoms with Gasteiger partial charge < -0.3 is 10.1 Å². The lowest BCUT2D eigenvalue weighted by Crippen LogP contribution is -2.33. The maximum absolute atomic E-state index is 11.7. The molecule has 1 aromatic rings. The number of hydrogen-bond acceptors (Lipinski definition) is 4. The first-order valence-corrected chi connectivity index (χ1v) is 8.86. The van der Waals surface area contributed by atoms with Crippen molar-refractivity contribution in [2.45, 2.75) is 44.6 Å². The summed E-state index contributed by atoms with van der Waals surface area (Å²) < 4.78 is 28.9. The highest BCUT2D eigenvalue weighted by molar-refractivity contribution is 8.13. The fourth-order valence-corrected chi connectivity index (χ4v) is 3.21. The van der Waals surface area contributed by atoms with Crippen LogP contribution in [0.15, 0.2) is 17.0 Å². The molecule has 0 aliphatic heterocycles. The third-order valence-corrected chi connectivity index (χ3v) is 4.49. The summed E-state index contributed by atoms with van der Waals surface area (Å²) in [4.78, 5) is 11.6. The summed E-state index contributed by atoms with van der Waals surface area (Å²) in [6.45, 7) is 7.06. The average molecular weight is 334 g/mol. The minimum Gasteiger partial charge on any atom is -0.481 e. The van der Waals surface area contributed by atoms with Crippen LogP contribution in [0, 0.1) is 6.92 Å². The van der Waals surface area contributed by atoms with E-state index >= 15 is 0 Å². The number of amides is 1. The van der Waals surface area contributed by atoms with Crippen LogP contribution in [0.2, 0.25) is 0 Å². The SMILES string of the molecule is CNC(=O)C(C)Oc1cc(C(C)C)c(S(=O)(=O)Cl)cc1C. The van der Waals surface area contributed by atoms with E-state index in [0.29, 0.717) is 16.9 Å². The largest absolute Gasteiger partial charge is 0.481 e. The fraction of sp³-hybridized carbons (Fsp3) is 0.500. The van der Waals surface area contributed by atoms with Gasteiger partial charge in [-0.2, -0.15) is 0 Å². The standard InChI is InChI=1S/C14H20ClNO4S/c1-8(2)11-7-12(20-10(4)14(17)16-5)9(3)6-13(11)21(15,18)19/h6-8,10H,1-5H3,(H,16,17). The summed E-state index contributed by atoms with van der Waals surface area (Å²) in [6.07, 6.45) is -0.674. The molecule has 0 saturated heterocycles. The average Bonchev–Trinajstić information content (AvgIpc) is 2.37. The number of carbonyl (C=O) groups is 1. The maximum atomic E-state index is 11.7. The molecule has 0 spiro atoms. The second kappa shape index (κ2) is 6.66. The van der Waals surface area contributed by atoms with Gasteiger partial charge in [0, 0.05) is 17.7 Å². The Morgan fingerprint density at radius 3 is 2.29 bits per heavy atom. The van der Waals surface area contributed by atoms with Crippen molar-refractivity contribution in [1.29, 1.82) is 0 Å². The number of aryl methyl sites for hydroxylation is 1. The van der Waals surface area contributed by atoms with Crippen LogP contribution in [0.1, 0.15) is 37.8 Å². The lowest BCUT2D eigenvalue weighted by Gasteiger charge is -2.19. The molecule has 1 aromatic carbocycles. The molecule has 1 rings (SSSR count). The number of likely N-dealkylation sites (N-methyl/N-ethyl adjacent to an activating group) is 1. The molecule has 0 saturated carbocycles. The lowest BCUT2D eigenvalue weighted by atomic mass is 10.0. The van der Waals surface area contributed by atoms with E-state index in [9.17, 15) is 13.2 Å². The molecule has 1 amide bonds. The molecule has 7 heteroatoms. The van der Waals surface area contributed by atoms with Crippen molar-refractivity contribution in [3.8, 4) is 5.75 Å². The normalized spacial score (nSPS) is 13.1. The minimum absolute atomic E-state index is 0.0493. The van der Waals surface area contributed by atoms with E-state index in [2.05, 4.69) is 5.32 Å². The highest BCUT2D eigenvalue weighted by Crippen LogP contribution is 2.33. The van der Waals surface area contributed by atoms with E-state index in [4.69, 9.17) is 15.4 Å². The topological polar surface area (TPSA) is 72.5 Å². The summed E-state index contributed by atoms with van der Waals surface area (Å²) in [5.74, 6) is 0.167. The van der Waals surface area contributed by atoms with E-state index in [0.717, 1.165) is 0 Å². The summed E-state index contributed by atoms with van der Waals surface area (Å²) in [5, 5.41) is 2.50. The molecule has 21 heavy (non-hydrogen) atoms. The second-order valence-corrected chi connectivity index (χ2v) is 7.66. The van der Waals surface area contributed by atoms with E-state index in [1.165, 1.54) is 13.1 Å². The Balaban J connectivity index is 3.32. The van der Waals surface area contributed by atoms with Crippen molar-refractivity contribution >= 4 is 25.6 Å².